The van der Waals surface area contributed by atoms with Crippen LogP contribution in [0.1, 0.15) is 6.42 Å². The van der Waals surface area contributed by atoms with Crippen LogP contribution in [0.4, 0.5) is 17.1 Å². The lowest BCUT2D eigenvalue weighted by atomic mass is 10.1. The van der Waals surface area contributed by atoms with E-state index in [-0.39, 0.29) is 18.2 Å². The number of hydrogen-bond donors (Lipinski definition) is 1. The molecule has 0 saturated carbocycles. The van der Waals surface area contributed by atoms with Gasteiger partial charge in [-0.1, -0.05) is 55.2 Å². The first kappa shape index (κ1) is 22.2. The number of ether oxygens (including phenoxy) is 1. The summed E-state index contributed by atoms with van der Waals surface area (Å²) in [4.78, 5) is 27.2. The molecule has 0 bridgehead atoms. The Morgan fingerprint density at radius 3 is 2.71 bits per heavy atom. The van der Waals surface area contributed by atoms with E-state index < -0.39 is 8.07 Å². The fourth-order valence-electron chi connectivity index (χ4n) is 4.12. The minimum Gasteiger partial charge on any atom is -0.359 e. The third kappa shape index (κ3) is 4.31. The Balaban J connectivity index is 1.49. The van der Waals surface area contributed by atoms with Crippen LogP contribution in [0.2, 0.25) is 25.7 Å². The molecule has 1 N–H and O–H groups in total. The standard InChI is InChI=1S/C25H27N5O3Si/c1-34(2,3)13-12-33-16-29-21-11-9-18(14-20(21)27-28-29)30-22-10-8-17-6-4-5-7-19(17)25(22)26-23(31)15-24(30)32/h4-11,14H,12-13,15-16H2,1-3H3,(H,26,31). The largest absolute Gasteiger partial charge is 0.359 e. The molecule has 34 heavy (non-hydrogen) atoms. The highest BCUT2D eigenvalue weighted by Gasteiger charge is 2.29. The van der Waals surface area contributed by atoms with Crippen molar-refractivity contribution < 1.29 is 14.3 Å². The molecule has 0 fully saturated rings. The number of hydrogen-bond acceptors (Lipinski definition) is 5. The van der Waals surface area contributed by atoms with Gasteiger partial charge in [0.2, 0.25) is 11.8 Å². The van der Waals surface area contributed by atoms with Crippen LogP contribution in [0, 0.1) is 0 Å². The molecule has 4 aromatic rings. The van der Waals surface area contributed by atoms with Crippen molar-refractivity contribution in [1.82, 2.24) is 15.0 Å². The maximum atomic E-state index is 13.1. The molecule has 1 aromatic heterocycles. The molecule has 1 aliphatic heterocycles. The number of carbonyl (C=O) groups excluding carboxylic acids is 2. The number of nitrogens with one attached hydrogen (secondary N) is 1. The van der Waals surface area contributed by atoms with Crippen LogP contribution in [-0.2, 0) is 21.1 Å². The van der Waals surface area contributed by atoms with E-state index >= 15 is 0 Å². The number of rotatable bonds is 6. The van der Waals surface area contributed by atoms with Gasteiger partial charge in [0, 0.05) is 20.1 Å². The van der Waals surface area contributed by atoms with Crippen molar-refractivity contribution in [1.29, 1.82) is 0 Å². The van der Waals surface area contributed by atoms with E-state index in [1.807, 2.05) is 54.6 Å². The summed E-state index contributed by atoms with van der Waals surface area (Å²) in [6, 6.07) is 18.3. The average molecular weight is 474 g/mol. The van der Waals surface area contributed by atoms with E-state index in [2.05, 4.69) is 35.3 Å². The molecule has 9 heteroatoms. The molecule has 3 aromatic carbocycles. The monoisotopic (exact) mass is 473 g/mol. The normalized spacial score (nSPS) is 14.4. The molecule has 0 saturated heterocycles. The second-order valence-corrected chi connectivity index (χ2v) is 15.4. The molecule has 2 amide bonds. The fraction of sp³-hybridized carbons (Fsp3) is 0.280. The zero-order chi connectivity index (χ0) is 23.9. The first-order chi connectivity index (χ1) is 16.3. The number of carbonyl (C=O) groups is 2. The van der Waals surface area contributed by atoms with Crippen LogP contribution in [0.25, 0.3) is 21.8 Å². The van der Waals surface area contributed by atoms with Crippen molar-refractivity contribution in [3.05, 3.63) is 54.6 Å². The highest BCUT2D eigenvalue weighted by molar-refractivity contribution is 6.76. The zero-order valence-corrected chi connectivity index (χ0v) is 20.5. The summed E-state index contributed by atoms with van der Waals surface area (Å²) in [5, 5.41) is 13.3. The molecule has 0 radical (unpaired) electrons. The van der Waals surface area contributed by atoms with Gasteiger partial charge in [0.15, 0.2) is 0 Å². The molecule has 0 atom stereocenters. The molecule has 5 rings (SSSR count). The number of anilines is 3. The van der Waals surface area contributed by atoms with E-state index in [4.69, 9.17) is 4.74 Å². The quantitative estimate of drug-likeness (QED) is 0.244. The first-order valence-corrected chi connectivity index (χ1v) is 15.1. The van der Waals surface area contributed by atoms with E-state index in [0.717, 1.165) is 22.3 Å². The van der Waals surface area contributed by atoms with Gasteiger partial charge in [-0.25, -0.2) is 4.68 Å². The molecular formula is C25H27N5O3Si. The van der Waals surface area contributed by atoms with Crippen LogP contribution in [-0.4, -0.2) is 41.5 Å². The van der Waals surface area contributed by atoms with Crippen molar-refractivity contribution in [3.8, 4) is 0 Å². The molecule has 2 heterocycles. The van der Waals surface area contributed by atoms with Gasteiger partial charge >= 0.3 is 0 Å². The Morgan fingerprint density at radius 1 is 1.06 bits per heavy atom. The van der Waals surface area contributed by atoms with Crippen molar-refractivity contribution in [2.24, 2.45) is 0 Å². The summed E-state index contributed by atoms with van der Waals surface area (Å²) in [6.45, 7) is 7.98. The third-order valence-electron chi connectivity index (χ3n) is 5.94. The lowest BCUT2D eigenvalue weighted by molar-refractivity contribution is -0.124. The number of fused-ring (bicyclic) bond motifs is 4. The van der Waals surface area contributed by atoms with Crippen LogP contribution in [0.3, 0.4) is 0 Å². The Labute approximate surface area is 198 Å². The molecule has 1 aliphatic rings. The van der Waals surface area contributed by atoms with Crippen molar-refractivity contribution in [2.45, 2.75) is 38.8 Å². The lowest BCUT2D eigenvalue weighted by Crippen LogP contribution is -2.26. The Morgan fingerprint density at radius 2 is 1.88 bits per heavy atom. The Bertz CT molecular complexity index is 1410. The highest BCUT2D eigenvalue weighted by Crippen LogP contribution is 2.40. The molecule has 174 valence electrons. The molecular weight excluding hydrogens is 446 g/mol. The number of aromatic nitrogens is 3. The minimum atomic E-state index is -1.16. The summed E-state index contributed by atoms with van der Waals surface area (Å²) in [5.41, 5.74) is 3.39. The van der Waals surface area contributed by atoms with Crippen molar-refractivity contribution >= 4 is 58.8 Å². The summed E-state index contributed by atoms with van der Waals surface area (Å²) in [5.74, 6) is -0.624. The van der Waals surface area contributed by atoms with Gasteiger partial charge in [-0.2, -0.15) is 0 Å². The van der Waals surface area contributed by atoms with E-state index in [0.29, 0.717) is 35.9 Å². The zero-order valence-electron chi connectivity index (χ0n) is 19.5. The van der Waals surface area contributed by atoms with Crippen molar-refractivity contribution in [2.75, 3.05) is 16.8 Å². The van der Waals surface area contributed by atoms with E-state index in [1.54, 1.807) is 9.58 Å². The van der Waals surface area contributed by atoms with Gasteiger partial charge in [-0.15, -0.1) is 5.10 Å². The lowest BCUT2D eigenvalue weighted by Gasteiger charge is -2.23. The maximum absolute atomic E-state index is 13.1. The van der Waals surface area contributed by atoms with Crippen LogP contribution >= 0.6 is 0 Å². The molecule has 8 nitrogen and oxygen atoms in total. The fourth-order valence-corrected chi connectivity index (χ4v) is 4.88. The van der Waals surface area contributed by atoms with E-state index in [9.17, 15) is 9.59 Å². The van der Waals surface area contributed by atoms with Gasteiger partial charge in [-0.05, 0) is 35.7 Å². The van der Waals surface area contributed by atoms with Gasteiger partial charge in [0.25, 0.3) is 0 Å². The highest BCUT2D eigenvalue weighted by atomic mass is 28.3. The van der Waals surface area contributed by atoms with Crippen LogP contribution in [0.5, 0.6) is 0 Å². The number of benzene rings is 3. The van der Waals surface area contributed by atoms with Gasteiger partial charge in [-0.3, -0.25) is 14.5 Å². The van der Waals surface area contributed by atoms with Crippen molar-refractivity contribution in [3.63, 3.8) is 0 Å². The van der Waals surface area contributed by atoms with Crippen LogP contribution in [0.15, 0.2) is 54.6 Å². The second kappa shape index (κ2) is 8.66. The second-order valence-electron chi connectivity index (χ2n) is 9.74. The number of amides is 2. The molecule has 0 spiro atoms. The topological polar surface area (TPSA) is 89.3 Å². The summed E-state index contributed by atoms with van der Waals surface area (Å²) < 4.78 is 7.55. The summed E-state index contributed by atoms with van der Waals surface area (Å²) in [6.07, 6.45) is -0.237. The third-order valence-corrected chi connectivity index (χ3v) is 7.64. The maximum Gasteiger partial charge on any atom is 0.241 e. The summed E-state index contributed by atoms with van der Waals surface area (Å²) >= 11 is 0. The Kier molecular flexibility index (Phi) is 5.66. The average Bonchev–Trinajstić information content (AvgIpc) is 3.13. The SMILES string of the molecule is C[Si](C)(C)CCOCn1nnc2cc(N3C(=O)CC(=O)Nc4c3ccc3ccccc43)ccc21. The molecule has 0 aliphatic carbocycles. The predicted octanol–water partition coefficient (Wildman–Crippen LogP) is 4.90. The Hall–Kier alpha value is -3.56. The smallest absolute Gasteiger partial charge is 0.241 e. The van der Waals surface area contributed by atoms with Crippen LogP contribution < -0.4 is 10.2 Å². The minimum absolute atomic E-state index is 0.237. The van der Waals surface area contributed by atoms with Gasteiger partial charge in [0.1, 0.15) is 18.7 Å². The first-order valence-electron chi connectivity index (χ1n) is 11.4. The predicted molar refractivity (Wildman–Crippen MR) is 136 cm³/mol. The number of nitrogens with zero attached hydrogens (tertiary/aromatic N) is 4. The molecule has 0 unspecified atom stereocenters. The summed E-state index contributed by atoms with van der Waals surface area (Å²) in [7, 11) is -1.16. The van der Waals surface area contributed by atoms with Gasteiger partial charge in [0.05, 0.1) is 22.6 Å². The van der Waals surface area contributed by atoms with Gasteiger partial charge < -0.3 is 10.1 Å². The van der Waals surface area contributed by atoms with E-state index in [1.165, 1.54) is 0 Å².